The summed E-state index contributed by atoms with van der Waals surface area (Å²) in [4.78, 5) is 11.6. The number of nitrogens with two attached hydrogens (primary N) is 1. The van der Waals surface area contributed by atoms with Crippen LogP contribution in [0.1, 0.15) is 22.8 Å². The van der Waals surface area contributed by atoms with Crippen molar-refractivity contribution < 1.29 is 22.4 Å². The molecule has 1 atom stereocenters. The van der Waals surface area contributed by atoms with E-state index in [2.05, 4.69) is 0 Å². The molecular formula is C11H11F4NO. The summed E-state index contributed by atoms with van der Waals surface area (Å²) in [5.74, 6) is -2.47. The Kier molecular flexibility index (Phi) is 3.87. The third kappa shape index (κ3) is 3.03. The molecule has 1 aromatic carbocycles. The van der Waals surface area contributed by atoms with Crippen LogP contribution in [0, 0.1) is 11.7 Å². The standard InChI is InChI=1S/C11H11F4NO/c1-6(5-16)10(17)7-2-3-8(9(12)4-7)11(13,14)15/h2-4,6H,5,16H2,1H3. The van der Waals surface area contributed by atoms with E-state index in [-0.39, 0.29) is 12.1 Å². The lowest BCUT2D eigenvalue weighted by Gasteiger charge is -2.11. The van der Waals surface area contributed by atoms with E-state index in [4.69, 9.17) is 5.73 Å². The SMILES string of the molecule is CC(CN)C(=O)c1ccc(C(F)(F)F)c(F)c1. The number of Topliss-reactive ketones (excluding diaryl/α,β-unsaturated/α-hetero) is 1. The van der Waals surface area contributed by atoms with Gasteiger partial charge in [0.1, 0.15) is 5.82 Å². The van der Waals surface area contributed by atoms with E-state index in [0.717, 1.165) is 6.07 Å². The van der Waals surface area contributed by atoms with E-state index in [9.17, 15) is 22.4 Å². The number of carbonyl (C=O) groups is 1. The number of alkyl halides is 3. The Bertz CT molecular complexity index is 428. The van der Waals surface area contributed by atoms with Gasteiger partial charge in [0.05, 0.1) is 5.56 Å². The molecule has 94 valence electrons. The summed E-state index contributed by atoms with van der Waals surface area (Å²) in [7, 11) is 0. The third-order valence-electron chi connectivity index (χ3n) is 2.36. The number of ketones is 1. The van der Waals surface area contributed by atoms with E-state index in [0.29, 0.717) is 12.1 Å². The maximum Gasteiger partial charge on any atom is 0.419 e. The Balaban J connectivity index is 3.09. The van der Waals surface area contributed by atoms with Crippen molar-refractivity contribution in [2.45, 2.75) is 13.1 Å². The molecule has 0 spiro atoms. The lowest BCUT2D eigenvalue weighted by molar-refractivity contribution is -0.140. The number of hydrogen-bond acceptors (Lipinski definition) is 2. The largest absolute Gasteiger partial charge is 0.419 e. The number of rotatable bonds is 3. The molecule has 0 aliphatic carbocycles. The molecule has 0 aliphatic heterocycles. The molecule has 0 radical (unpaired) electrons. The quantitative estimate of drug-likeness (QED) is 0.661. The molecule has 1 aromatic rings. The summed E-state index contributed by atoms with van der Waals surface area (Å²) in [6.07, 6.45) is -4.76. The Morgan fingerprint density at radius 1 is 1.41 bits per heavy atom. The average molecular weight is 249 g/mol. The minimum absolute atomic E-state index is 0.0570. The minimum atomic E-state index is -4.76. The van der Waals surface area contributed by atoms with Crippen LogP contribution in [0.3, 0.4) is 0 Å². The van der Waals surface area contributed by atoms with Crippen molar-refractivity contribution in [3.8, 4) is 0 Å². The van der Waals surface area contributed by atoms with Crippen molar-refractivity contribution >= 4 is 5.78 Å². The smallest absolute Gasteiger partial charge is 0.330 e. The Morgan fingerprint density at radius 3 is 2.41 bits per heavy atom. The first-order chi connectivity index (χ1) is 7.77. The maximum atomic E-state index is 13.2. The normalized spacial score (nSPS) is 13.5. The summed E-state index contributed by atoms with van der Waals surface area (Å²) in [5.41, 5.74) is 3.77. The molecule has 0 saturated heterocycles. The van der Waals surface area contributed by atoms with Crippen molar-refractivity contribution in [2.24, 2.45) is 11.7 Å². The number of hydrogen-bond donors (Lipinski definition) is 1. The van der Waals surface area contributed by atoms with Crippen LogP contribution in [0.5, 0.6) is 0 Å². The van der Waals surface area contributed by atoms with Crippen molar-refractivity contribution in [1.82, 2.24) is 0 Å². The molecular weight excluding hydrogens is 238 g/mol. The van der Waals surface area contributed by atoms with Crippen LogP contribution in [-0.4, -0.2) is 12.3 Å². The predicted molar refractivity (Wildman–Crippen MR) is 54.0 cm³/mol. The number of halogens is 4. The fourth-order valence-corrected chi connectivity index (χ4v) is 1.29. The van der Waals surface area contributed by atoms with Gasteiger partial charge in [-0.05, 0) is 12.1 Å². The highest BCUT2D eigenvalue weighted by Crippen LogP contribution is 2.31. The van der Waals surface area contributed by atoms with Gasteiger partial charge in [-0.2, -0.15) is 13.2 Å². The van der Waals surface area contributed by atoms with E-state index in [1.165, 1.54) is 6.92 Å². The van der Waals surface area contributed by atoms with E-state index < -0.39 is 29.3 Å². The van der Waals surface area contributed by atoms with E-state index >= 15 is 0 Å². The molecule has 0 heterocycles. The van der Waals surface area contributed by atoms with Gasteiger partial charge in [-0.3, -0.25) is 4.79 Å². The van der Waals surface area contributed by atoms with Crippen LogP contribution in [0.4, 0.5) is 17.6 Å². The molecule has 2 N–H and O–H groups in total. The first kappa shape index (κ1) is 13.6. The van der Waals surface area contributed by atoms with Crippen molar-refractivity contribution in [3.05, 3.63) is 35.1 Å². The summed E-state index contributed by atoms with van der Waals surface area (Å²) in [6.45, 7) is 1.58. The molecule has 0 aliphatic rings. The molecule has 1 rings (SSSR count). The minimum Gasteiger partial charge on any atom is -0.330 e. The summed E-state index contributed by atoms with van der Waals surface area (Å²) < 4.78 is 50.0. The highest BCUT2D eigenvalue weighted by molar-refractivity contribution is 5.97. The molecule has 6 heteroatoms. The summed E-state index contributed by atoms with van der Waals surface area (Å²) in [5, 5.41) is 0. The second-order valence-electron chi connectivity index (χ2n) is 3.69. The zero-order valence-electron chi connectivity index (χ0n) is 9.01. The zero-order valence-corrected chi connectivity index (χ0v) is 9.01. The first-order valence-corrected chi connectivity index (χ1v) is 4.88. The Labute approximate surface area is 95.4 Å². The zero-order chi connectivity index (χ0) is 13.2. The third-order valence-corrected chi connectivity index (χ3v) is 2.36. The van der Waals surface area contributed by atoms with Gasteiger partial charge in [-0.25, -0.2) is 4.39 Å². The fourth-order valence-electron chi connectivity index (χ4n) is 1.29. The van der Waals surface area contributed by atoms with Crippen molar-refractivity contribution in [2.75, 3.05) is 6.54 Å². The molecule has 0 saturated carbocycles. The summed E-state index contributed by atoms with van der Waals surface area (Å²) >= 11 is 0. The fraction of sp³-hybridized carbons (Fsp3) is 0.364. The second-order valence-corrected chi connectivity index (χ2v) is 3.69. The van der Waals surface area contributed by atoms with Crippen LogP contribution >= 0.6 is 0 Å². The van der Waals surface area contributed by atoms with Gasteiger partial charge < -0.3 is 5.73 Å². The molecule has 0 aromatic heterocycles. The number of carbonyl (C=O) groups excluding carboxylic acids is 1. The average Bonchev–Trinajstić information content (AvgIpc) is 2.25. The number of benzene rings is 1. The van der Waals surface area contributed by atoms with Crippen LogP contribution < -0.4 is 5.73 Å². The van der Waals surface area contributed by atoms with Gasteiger partial charge in [0.25, 0.3) is 0 Å². The molecule has 0 amide bonds. The van der Waals surface area contributed by atoms with Crippen LogP contribution in [0.15, 0.2) is 18.2 Å². The second kappa shape index (κ2) is 4.83. The van der Waals surface area contributed by atoms with Crippen LogP contribution in [0.2, 0.25) is 0 Å². The highest BCUT2D eigenvalue weighted by Gasteiger charge is 2.34. The van der Waals surface area contributed by atoms with Gasteiger partial charge >= 0.3 is 6.18 Å². The van der Waals surface area contributed by atoms with Crippen LogP contribution in [-0.2, 0) is 6.18 Å². The highest BCUT2D eigenvalue weighted by atomic mass is 19.4. The lowest BCUT2D eigenvalue weighted by atomic mass is 9.98. The van der Waals surface area contributed by atoms with E-state index in [1.54, 1.807) is 0 Å². The topological polar surface area (TPSA) is 43.1 Å². The maximum absolute atomic E-state index is 13.2. The predicted octanol–water partition coefficient (Wildman–Crippen LogP) is 2.62. The Hall–Kier alpha value is -1.43. The molecule has 0 fully saturated rings. The van der Waals surface area contributed by atoms with Gasteiger partial charge in [0.15, 0.2) is 5.78 Å². The van der Waals surface area contributed by atoms with Crippen molar-refractivity contribution in [1.29, 1.82) is 0 Å². The molecule has 2 nitrogen and oxygen atoms in total. The lowest BCUT2D eigenvalue weighted by Crippen LogP contribution is -2.21. The van der Waals surface area contributed by atoms with Gasteiger partial charge in [-0.1, -0.05) is 13.0 Å². The van der Waals surface area contributed by atoms with Gasteiger partial charge in [-0.15, -0.1) is 0 Å². The van der Waals surface area contributed by atoms with Gasteiger partial charge in [0, 0.05) is 18.0 Å². The van der Waals surface area contributed by atoms with E-state index in [1.807, 2.05) is 0 Å². The molecule has 1 unspecified atom stereocenters. The van der Waals surface area contributed by atoms with Crippen LogP contribution in [0.25, 0.3) is 0 Å². The monoisotopic (exact) mass is 249 g/mol. The van der Waals surface area contributed by atoms with Crippen molar-refractivity contribution in [3.63, 3.8) is 0 Å². The molecule has 17 heavy (non-hydrogen) atoms. The Morgan fingerprint density at radius 2 is 2.00 bits per heavy atom. The first-order valence-electron chi connectivity index (χ1n) is 4.88. The van der Waals surface area contributed by atoms with Gasteiger partial charge in [0.2, 0.25) is 0 Å². The molecule has 0 bridgehead atoms. The summed E-state index contributed by atoms with van der Waals surface area (Å²) in [6, 6.07) is 2.11.